The lowest BCUT2D eigenvalue weighted by atomic mass is 10.1. The van der Waals surface area contributed by atoms with Crippen molar-refractivity contribution in [3.05, 3.63) is 46.5 Å². The molecule has 1 aromatic heterocycles. The summed E-state index contributed by atoms with van der Waals surface area (Å²) in [6.45, 7) is 4.01. The molecule has 2 aromatic rings. The van der Waals surface area contributed by atoms with Gasteiger partial charge in [-0.05, 0) is 26.0 Å². The van der Waals surface area contributed by atoms with Crippen LogP contribution in [0.25, 0.3) is 0 Å². The van der Waals surface area contributed by atoms with Gasteiger partial charge in [-0.3, -0.25) is 0 Å². The molecule has 0 saturated carbocycles. The van der Waals surface area contributed by atoms with Crippen molar-refractivity contribution in [2.45, 2.75) is 26.6 Å². The average Bonchev–Trinajstić information content (AvgIpc) is 2.68. The highest BCUT2D eigenvalue weighted by molar-refractivity contribution is 6.29. The van der Waals surface area contributed by atoms with Crippen LogP contribution in [-0.4, -0.2) is 14.7 Å². The molecule has 19 heavy (non-hydrogen) atoms. The van der Waals surface area contributed by atoms with Crippen molar-refractivity contribution in [2.24, 2.45) is 7.05 Å². The maximum atomic E-state index is 9.76. The Morgan fingerprint density at radius 3 is 2.79 bits per heavy atom. The highest BCUT2D eigenvalue weighted by atomic mass is 35.5. The minimum Gasteiger partial charge on any atom is -0.485 e. The van der Waals surface area contributed by atoms with Crippen LogP contribution in [0, 0.1) is 6.92 Å². The summed E-state index contributed by atoms with van der Waals surface area (Å²) in [6, 6.07) is 5.74. The first-order chi connectivity index (χ1) is 8.99. The number of nitrogens with zero attached hydrogens (tertiary/aromatic N) is 2. The molecule has 0 aliphatic carbocycles. The Morgan fingerprint density at radius 2 is 2.21 bits per heavy atom. The first kappa shape index (κ1) is 13.9. The van der Waals surface area contributed by atoms with Gasteiger partial charge in [-0.15, -0.1) is 0 Å². The van der Waals surface area contributed by atoms with Gasteiger partial charge in [-0.25, -0.2) is 4.98 Å². The van der Waals surface area contributed by atoms with Crippen molar-refractivity contribution < 1.29 is 9.84 Å². The van der Waals surface area contributed by atoms with E-state index in [4.69, 9.17) is 16.3 Å². The van der Waals surface area contributed by atoms with Gasteiger partial charge in [0.2, 0.25) is 0 Å². The van der Waals surface area contributed by atoms with Crippen LogP contribution < -0.4 is 4.74 Å². The zero-order valence-corrected chi connectivity index (χ0v) is 12.0. The molecule has 0 radical (unpaired) electrons. The van der Waals surface area contributed by atoms with Gasteiger partial charge in [0, 0.05) is 12.6 Å². The van der Waals surface area contributed by atoms with E-state index >= 15 is 0 Å². The fourth-order valence-corrected chi connectivity index (χ4v) is 1.97. The van der Waals surface area contributed by atoms with E-state index in [1.807, 2.05) is 32.2 Å². The molecule has 1 atom stereocenters. The molecule has 1 aromatic carbocycles. The van der Waals surface area contributed by atoms with Crippen LogP contribution in [0.5, 0.6) is 5.75 Å². The van der Waals surface area contributed by atoms with Crippen molar-refractivity contribution in [3.63, 3.8) is 0 Å². The van der Waals surface area contributed by atoms with Gasteiger partial charge in [0.05, 0.1) is 12.3 Å². The highest BCUT2D eigenvalue weighted by Crippen LogP contribution is 2.27. The molecule has 102 valence electrons. The normalized spacial score (nSPS) is 12.5. The quantitative estimate of drug-likeness (QED) is 0.936. The van der Waals surface area contributed by atoms with E-state index in [9.17, 15) is 5.11 Å². The van der Waals surface area contributed by atoms with Gasteiger partial charge in [0.25, 0.3) is 0 Å². The molecule has 2 rings (SSSR count). The Labute approximate surface area is 117 Å². The fourth-order valence-electron chi connectivity index (χ4n) is 1.83. The fraction of sp³-hybridized carbons (Fsp3) is 0.357. The number of aliphatic hydroxyl groups is 1. The number of rotatable bonds is 4. The molecule has 4 nitrogen and oxygen atoms in total. The first-order valence-corrected chi connectivity index (χ1v) is 6.44. The predicted octanol–water partition coefficient (Wildman–Crippen LogP) is 3.01. The summed E-state index contributed by atoms with van der Waals surface area (Å²) in [6.07, 6.45) is 1.02. The Morgan fingerprint density at radius 1 is 1.47 bits per heavy atom. The molecule has 0 bridgehead atoms. The molecule has 0 amide bonds. The van der Waals surface area contributed by atoms with Gasteiger partial charge < -0.3 is 14.4 Å². The van der Waals surface area contributed by atoms with Crippen LogP contribution in [0.2, 0.25) is 5.15 Å². The molecule has 0 unspecified atom stereocenters. The molecule has 5 heteroatoms. The zero-order valence-electron chi connectivity index (χ0n) is 11.2. The molecule has 1 N–H and O–H groups in total. The lowest BCUT2D eigenvalue weighted by Crippen LogP contribution is -2.06. The van der Waals surface area contributed by atoms with Gasteiger partial charge in [-0.1, -0.05) is 23.2 Å². The molecule has 0 spiro atoms. The van der Waals surface area contributed by atoms with E-state index in [0.29, 0.717) is 17.5 Å². The number of hydrogen-bond acceptors (Lipinski definition) is 3. The molecule has 1 heterocycles. The van der Waals surface area contributed by atoms with Crippen LogP contribution in [-0.2, 0) is 13.7 Å². The van der Waals surface area contributed by atoms with Gasteiger partial charge in [0.15, 0.2) is 0 Å². The Kier molecular flexibility index (Phi) is 4.12. The number of aryl methyl sites for hydroxylation is 1. The molecular formula is C14H17ClN2O2. The third-order valence-corrected chi connectivity index (χ3v) is 3.35. The summed E-state index contributed by atoms with van der Waals surface area (Å²) in [5.74, 6) is 1.40. The largest absolute Gasteiger partial charge is 0.485 e. The summed E-state index contributed by atoms with van der Waals surface area (Å²) >= 11 is 5.92. The summed E-state index contributed by atoms with van der Waals surface area (Å²) in [5.41, 5.74) is 1.86. The average molecular weight is 281 g/mol. The smallest absolute Gasteiger partial charge is 0.147 e. The molecule has 0 aliphatic rings. The summed E-state index contributed by atoms with van der Waals surface area (Å²) < 4.78 is 7.49. The Balaban J connectivity index is 2.17. The van der Waals surface area contributed by atoms with Crippen molar-refractivity contribution >= 4 is 11.6 Å². The van der Waals surface area contributed by atoms with Gasteiger partial charge in [0.1, 0.15) is 23.3 Å². The third kappa shape index (κ3) is 3.08. The van der Waals surface area contributed by atoms with E-state index < -0.39 is 6.10 Å². The van der Waals surface area contributed by atoms with Crippen LogP contribution in [0.3, 0.4) is 0 Å². The van der Waals surface area contributed by atoms with E-state index in [0.717, 1.165) is 17.0 Å². The highest BCUT2D eigenvalue weighted by Gasteiger charge is 2.11. The van der Waals surface area contributed by atoms with Crippen LogP contribution in [0.15, 0.2) is 24.4 Å². The number of hydrogen-bond donors (Lipinski definition) is 1. The second-order valence-corrected chi connectivity index (χ2v) is 4.95. The lowest BCUT2D eigenvalue weighted by Gasteiger charge is -2.14. The second-order valence-electron chi connectivity index (χ2n) is 4.56. The van der Waals surface area contributed by atoms with Crippen molar-refractivity contribution in [3.8, 4) is 5.75 Å². The SMILES string of the molecule is Cc1ccc(OCc2ncc(Cl)n2C)c([C@H](C)O)c1. The van der Waals surface area contributed by atoms with Gasteiger partial charge >= 0.3 is 0 Å². The molecule has 0 saturated heterocycles. The van der Waals surface area contributed by atoms with E-state index in [1.54, 1.807) is 17.7 Å². The van der Waals surface area contributed by atoms with Gasteiger partial charge in [-0.2, -0.15) is 0 Å². The Bertz CT molecular complexity index is 579. The van der Waals surface area contributed by atoms with Crippen LogP contribution in [0.1, 0.15) is 30.0 Å². The minimum absolute atomic E-state index is 0.312. The van der Waals surface area contributed by atoms with E-state index in [-0.39, 0.29) is 0 Å². The van der Waals surface area contributed by atoms with E-state index in [2.05, 4.69) is 4.98 Å². The van der Waals surface area contributed by atoms with Crippen molar-refractivity contribution in [2.75, 3.05) is 0 Å². The molecular weight excluding hydrogens is 264 g/mol. The minimum atomic E-state index is -0.570. The number of aromatic nitrogens is 2. The third-order valence-electron chi connectivity index (χ3n) is 3.00. The second kappa shape index (κ2) is 5.63. The monoisotopic (exact) mass is 280 g/mol. The standard InChI is InChI=1S/C14H17ClN2O2/c1-9-4-5-12(11(6-9)10(2)18)19-8-14-16-7-13(15)17(14)3/h4-7,10,18H,8H2,1-3H3/t10-/m0/s1. The molecule has 0 aliphatic heterocycles. The van der Waals surface area contributed by atoms with Crippen LogP contribution >= 0.6 is 11.6 Å². The number of imidazole rings is 1. The molecule has 0 fully saturated rings. The number of aliphatic hydroxyl groups excluding tert-OH is 1. The topological polar surface area (TPSA) is 47.3 Å². The number of ether oxygens (including phenoxy) is 1. The van der Waals surface area contributed by atoms with Crippen molar-refractivity contribution in [1.29, 1.82) is 0 Å². The summed E-state index contributed by atoms with van der Waals surface area (Å²) in [4.78, 5) is 4.17. The predicted molar refractivity (Wildman–Crippen MR) is 74.4 cm³/mol. The van der Waals surface area contributed by atoms with E-state index in [1.165, 1.54) is 0 Å². The van der Waals surface area contributed by atoms with Crippen molar-refractivity contribution in [1.82, 2.24) is 9.55 Å². The zero-order chi connectivity index (χ0) is 14.0. The van der Waals surface area contributed by atoms with Crippen LogP contribution in [0.4, 0.5) is 0 Å². The first-order valence-electron chi connectivity index (χ1n) is 6.06. The Hall–Kier alpha value is -1.52. The lowest BCUT2D eigenvalue weighted by molar-refractivity contribution is 0.189. The maximum absolute atomic E-state index is 9.76. The maximum Gasteiger partial charge on any atom is 0.147 e. The summed E-state index contributed by atoms with van der Waals surface area (Å²) in [5, 5.41) is 10.3. The summed E-state index contributed by atoms with van der Waals surface area (Å²) in [7, 11) is 1.83. The number of benzene rings is 1. The number of halogens is 1.